The summed E-state index contributed by atoms with van der Waals surface area (Å²) < 4.78 is 9.74. The number of methoxy groups -OCH3 is 1. The van der Waals surface area contributed by atoms with Crippen molar-refractivity contribution in [3.63, 3.8) is 0 Å². The lowest BCUT2D eigenvalue weighted by atomic mass is 10.0. The van der Waals surface area contributed by atoms with E-state index in [2.05, 4.69) is 9.73 Å². The van der Waals surface area contributed by atoms with Gasteiger partial charge >= 0.3 is 5.97 Å². The molecule has 0 bridgehead atoms. The number of nitrogens with zero attached hydrogens (tertiary/aromatic N) is 1. The highest BCUT2D eigenvalue weighted by Gasteiger charge is 2.35. The third kappa shape index (κ3) is 1.57. The number of carbonyl (C=O) groups excluding carboxylic acids is 1. The smallest absolute Gasteiger partial charge is 0.334 e. The van der Waals surface area contributed by atoms with Crippen molar-refractivity contribution in [3.8, 4) is 0 Å². The number of hydrogen-bond acceptors (Lipinski definition) is 4. The first-order chi connectivity index (χ1) is 5.66. The number of rotatable bonds is 2. The maximum absolute atomic E-state index is 11.1. The van der Waals surface area contributed by atoms with Gasteiger partial charge in [-0.3, -0.25) is 0 Å². The van der Waals surface area contributed by atoms with Crippen molar-refractivity contribution in [2.75, 3.05) is 7.11 Å². The number of ether oxygens (including phenoxy) is 2. The molecule has 2 atom stereocenters. The Morgan fingerprint density at radius 2 is 2.33 bits per heavy atom. The molecule has 0 fully saturated rings. The van der Waals surface area contributed by atoms with E-state index in [9.17, 15) is 4.79 Å². The molecule has 0 saturated carbocycles. The van der Waals surface area contributed by atoms with Gasteiger partial charge in [-0.25, -0.2) is 9.79 Å². The summed E-state index contributed by atoms with van der Waals surface area (Å²) in [4.78, 5) is 15.0. The molecule has 0 N–H and O–H groups in total. The first-order valence-corrected chi connectivity index (χ1v) is 3.91. The van der Waals surface area contributed by atoms with Crippen LogP contribution in [-0.2, 0) is 14.3 Å². The molecule has 4 heteroatoms. The fourth-order valence-electron chi connectivity index (χ4n) is 1.17. The summed E-state index contributed by atoms with van der Waals surface area (Å²) in [7, 11) is 1.35. The van der Waals surface area contributed by atoms with Gasteiger partial charge in [0.15, 0.2) is 12.4 Å². The maximum Gasteiger partial charge on any atom is 0.334 e. The minimum Gasteiger partial charge on any atom is -0.477 e. The molecule has 0 aromatic heterocycles. The third-order valence-corrected chi connectivity index (χ3v) is 1.85. The second kappa shape index (κ2) is 3.56. The summed E-state index contributed by atoms with van der Waals surface area (Å²) in [5.74, 6) is -0.0703. The van der Waals surface area contributed by atoms with Crippen LogP contribution in [0.15, 0.2) is 4.99 Å². The fraction of sp³-hybridized carbons (Fsp3) is 0.750. The molecule has 1 heterocycles. The predicted octanol–water partition coefficient (Wildman–Crippen LogP) is 0.611. The van der Waals surface area contributed by atoms with Crippen LogP contribution < -0.4 is 0 Å². The van der Waals surface area contributed by atoms with Crippen LogP contribution in [0.5, 0.6) is 0 Å². The van der Waals surface area contributed by atoms with Crippen molar-refractivity contribution in [2.24, 2.45) is 10.9 Å². The van der Waals surface area contributed by atoms with Gasteiger partial charge in [-0.1, -0.05) is 13.8 Å². The van der Waals surface area contributed by atoms with Crippen molar-refractivity contribution >= 4 is 12.4 Å². The van der Waals surface area contributed by atoms with Gasteiger partial charge < -0.3 is 9.47 Å². The molecular formula is C8H13NO3. The molecule has 0 saturated heterocycles. The van der Waals surface area contributed by atoms with Crippen LogP contribution in [0, 0.1) is 5.92 Å². The number of esters is 1. The van der Waals surface area contributed by atoms with Crippen molar-refractivity contribution in [1.82, 2.24) is 0 Å². The highest BCUT2D eigenvalue weighted by atomic mass is 16.5. The Bertz CT molecular complexity index is 200. The topological polar surface area (TPSA) is 47.9 Å². The normalized spacial score (nSPS) is 27.3. The molecule has 0 aromatic carbocycles. The first kappa shape index (κ1) is 9.03. The van der Waals surface area contributed by atoms with Gasteiger partial charge in [-0.2, -0.15) is 0 Å². The van der Waals surface area contributed by atoms with Gasteiger partial charge in [0.05, 0.1) is 7.11 Å². The second-order valence-electron chi connectivity index (χ2n) is 3.07. The molecule has 1 aliphatic heterocycles. The van der Waals surface area contributed by atoms with Gasteiger partial charge in [0.2, 0.25) is 0 Å². The molecule has 1 aliphatic rings. The van der Waals surface area contributed by atoms with E-state index in [1.165, 1.54) is 13.5 Å². The Balaban J connectivity index is 2.62. The van der Waals surface area contributed by atoms with Crippen molar-refractivity contribution < 1.29 is 14.3 Å². The van der Waals surface area contributed by atoms with Gasteiger partial charge in [0, 0.05) is 0 Å². The van der Waals surface area contributed by atoms with E-state index in [4.69, 9.17) is 4.74 Å². The Morgan fingerprint density at radius 3 is 2.83 bits per heavy atom. The third-order valence-electron chi connectivity index (χ3n) is 1.85. The first-order valence-electron chi connectivity index (χ1n) is 3.91. The molecule has 0 unspecified atom stereocenters. The van der Waals surface area contributed by atoms with Crippen LogP contribution in [0.3, 0.4) is 0 Å². The van der Waals surface area contributed by atoms with E-state index >= 15 is 0 Å². The highest BCUT2D eigenvalue weighted by molar-refractivity contribution is 5.79. The Kier molecular flexibility index (Phi) is 2.68. The zero-order chi connectivity index (χ0) is 9.14. The monoisotopic (exact) mass is 171 g/mol. The number of aliphatic imine (C=N–C) groups is 1. The quantitative estimate of drug-likeness (QED) is 0.572. The van der Waals surface area contributed by atoms with Crippen molar-refractivity contribution in [2.45, 2.75) is 26.0 Å². The maximum atomic E-state index is 11.1. The minimum atomic E-state index is -0.477. The molecule has 0 aliphatic carbocycles. The largest absolute Gasteiger partial charge is 0.477 e. The summed E-state index contributed by atoms with van der Waals surface area (Å²) in [6.07, 6.45) is 1.16. The van der Waals surface area contributed by atoms with Crippen LogP contribution in [-0.4, -0.2) is 31.6 Å². The molecular weight excluding hydrogens is 158 g/mol. The zero-order valence-electron chi connectivity index (χ0n) is 7.48. The van der Waals surface area contributed by atoms with E-state index in [0.29, 0.717) is 0 Å². The Hall–Kier alpha value is -1.06. The molecule has 0 aromatic rings. The summed E-state index contributed by atoms with van der Waals surface area (Å²) >= 11 is 0. The summed E-state index contributed by atoms with van der Waals surface area (Å²) in [5.41, 5.74) is 0. The molecule has 4 nitrogen and oxygen atoms in total. The van der Waals surface area contributed by atoms with Crippen molar-refractivity contribution in [1.29, 1.82) is 0 Å². The SMILES string of the molecule is COC(=O)[C@@H]1N=CO[C@H]1C(C)C. The van der Waals surface area contributed by atoms with Gasteiger partial charge in [0.1, 0.15) is 6.10 Å². The summed E-state index contributed by atoms with van der Waals surface area (Å²) in [6, 6.07) is -0.477. The standard InChI is InChI=1S/C8H13NO3/c1-5(2)7-6(8(10)11-3)9-4-12-7/h4-7H,1-3H3/t6-,7+/m1/s1. The molecule has 12 heavy (non-hydrogen) atoms. The zero-order valence-corrected chi connectivity index (χ0v) is 7.48. The minimum absolute atomic E-state index is 0.169. The lowest BCUT2D eigenvalue weighted by Gasteiger charge is -2.18. The van der Waals surface area contributed by atoms with Crippen LogP contribution in [0.2, 0.25) is 0 Å². The average Bonchev–Trinajstić information content (AvgIpc) is 2.50. The Labute approximate surface area is 71.6 Å². The molecule has 1 rings (SSSR count). The lowest BCUT2D eigenvalue weighted by molar-refractivity contribution is -0.144. The fourth-order valence-corrected chi connectivity index (χ4v) is 1.17. The van der Waals surface area contributed by atoms with Crippen LogP contribution in [0.4, 0.5) is 0 Å². The lowest BCUT2D eigenvalue weighted by Crippen LogP contribution is -2.34. The van der Waals surface area contributed by atoms with Crippen LogP contribution >= 0.6 is 0 Å². The predicted molar refractivity (Wildman–Crippen MR) is 44.0 cm³/mol. The molecule has 0 amide bonds. The van der Waals surface area contributed by atoms with Crippen LogP contribution in [0.1, 0.15) is 13.8 Å². The van der Waals surface area contributed by atoms with E-state index < -0.39 is 6.04 Å². The number of carbonyl (C=O) groups is 1. The average molecular weight is 171 g/mol. The highest BCUT2D eigenvalue weighted by Crippen LogP contribution is 2.18. The second-order valence-corrected chi connectivity index (χ2v) is 3.07. The molecule has 68 valence electrons. The van der Waals surface area contributed by atoms with Gasteiger partial charge in [-0.05, 0) is 5.92 Å². The summed E-state index contributed by atoms with van der Waals surface area (Å²) in [6.45, 7) is 3.96. The van der Waals surface area contributed by atoms with Gasteiger partial charge in [-0.15, -0.1) is 0 Å². The van der Waals surface area contributed by atoms with E-state index in [0.717, 1.165) is 0 Å². The Morgan fingerprint density at radius 1 is 1.67 bits per heavy atom. The van der Waals surface area contributed by atoms with E-state index in [1.54, 1.807) is 0 Å². The molecule has 0 spiro atoms. The van der Waals surface area contributed by atoms with E-state index in [-0.39, 0.29) is 18.0 Å². The van der Waals surface area contributed by atoms with Gasteiger partial charge in [0.25, 0.3) is 0 Å². The van der Waals surface area contributed by atoms with Crippen molar-refractivity contribution in [3.05, 3.63) is 0 Å². The summed E-state index contributed by atoms with van der Waals surface area (Å²) in [5, 5.41) is 0. The number of hydrogen-bond donors (Lipinski definition) is 0. The van der Waals surface area contributed by atoms with E-state index in [1.807, 2.05) is 13.8 Å². The van der Waals surface area contributed by atoms with Crippen LogP contribution in [0.25, 0.3) is 0 Å². The molecule has 0 radical (unpaired) electrons.